The van der Waals surface area contributed by atoms with Gasteiger partial charge in [-0.25, -0.2) is 0 Å². The highest BCUT2D eigenvalue weighted by Gasteiger charge is 2.19. The lowest BCUT2D eigenvalue weighted by Gasteiger charge is -2.15. The molecule has 2 aromatic carbocycles. The Morgan fingerprint density at radius 2 is 1.73 bits per heavy atom. The van der Waals surface area contributed by atoms with Crippen molar-refractivity contribution >= 4 is 28.3 Å². The lowest BCUT2D eigenvalue weighted by atomic mass is 9.93. The number of hydrazone groups is 1. The summed E-state index contributed by atoms with van der Waals surface area (Å²) in [5, 5.41) is 26.2. The van der Waals surface area contributed by atoms with Gasteiger partial charge in [-0.15, -0.1) is 0 Å². The minimum atomic E-state index is -0.668. The molecule has 0 amide bonds. The maximum Gasteiger partial charge on any atom is 0.301 e. The van der Waals surface area contributed by atoms with Crippen LogP contribution in [0.3, 0.4) is 0 Å². The molecular weight excluding hydrogens is 336 g/mol. The number of non-ortho nitro benzene ring substituents is 1. The molecule has 1 N–H and O–H groups in total. The Hall–Kier alpha value is -3.55. The smallest absolute Gasteiger partial charge is 0.271 e. The minimum absolute atomic E-state index is 0.119. The molecule has 2 aromatic rings. The number of hydrogen-bond donors (Lipinski definition) is 1. The molecule has 0 heterocycles. The Morgan fingerprint density at radius 1 is 0.962 bits per heavy atom. The summed E-state index contributed by atoms with van der Waals surface area (Å²) in [6.45, 7) is 0. The lowest BCUT2D eigenvalue weighted by molar-refractivity contribution is -0.393. The second kappa shape index (κ2) is 7.56. The van der Waals surface area contributed by atoms with Crippen LogP contribution in [0, 0.1) is 20.2 Å². The summed E-state index contributed by atoms with van der Waals surface area (Å²) in [7, 11) is 0. The van der Waals surface area contributed by atoms with E-state index in [1.165, 1.54) is 12.1 Å². The molecule has 8 heteroatoms. The van der Waals surface area contributed by atoms with Crippen molar-refractivity contribution in [2.24, 2.45) is 5.10 Å². The van der Waals surface area contributed by atoms with Gasteiger partial charge in [0.25, 0.3) is 5.69 Å². The van der Waals surface area contributed by atoms with Crippen molar-refractivity contribution in [3.8, 4) is 0 Å². The number of benzene rings is 2. The van der Waals surface area contributed by atoms with Gasteiger partial charge in [0, 0.05) is 6.07 Å². The molecule has 1 aliphatic rings. The van der Waals surface area contributed by atoms with Gasteiger partial charge < -0.3 is 0 Å². The molecule has 0 atom stereocenters. The minimum Gasteiger partial charge on any atom is -0.271 e. The number of allylic oxidation sites excluding steroid dienone is 2. The van der Waals surface area contributed by atoms with Crippen molar-refractivity contribution in [3.63, 3.8) is 0 Å². The first-order valence-electron chi connectivity index (χ1n) is 8.06. The molecule has 0 saturated carbocycles. The third-order valence-electron chi connectivity index (χ3n) is 4.07. The zero-order valence-corrected chi connectivity index (χ0v) is 13.8. The number of nitrogens with zero attached hydrogens (tertiary/aromatic N) is 3. The Balaban J connectivity index is 1.85. The number of hydrogen-bond acceptors (Lipinski definition) is 6. The molecule has 0 saturated heterocycles. The summed E-state index contributed by atoms with van der Waals surface area (Å²) in [6, 6.07) is 13.4. The number of nitro groups is 2. The van der Waals surface area contributed by atoms with E-state index in [2.05, 4.69) is 10.5 Å². The van der Waals surface area contributed by atoms with Crippen LogP contribution in [0.2, 0.25) is 0 Å². The van der Waals surface area contributed by atoms with Gasteiger partial charge >= 0.3 is 5.69 Å². The van der Waals surface area contributed by atoms with Gasteiger partial charge in [-0.05, 0) is 42.5 Å². The molecule has 132 valence electrons. The quantitative estimate of drug-likeness (QED) is 0.627. The third-order valence-corrected chi connectivity index (χ3v) is 4.07. The molecule has 0 unspecified atom stereocenters. The zero-order chi connectivity index (χ0) is 18.5. The second-order valence-corrected chi connectivity index (χ2v) is 5.82. The molecule has 8 nitrogen and oxygen atoms in total. The maximum atomic E-state index is 11.2. The largest absolute Gasteiger partial charge is 0.301 e. The van der Waals surface area contributed by atoms with Crippen LogP contribution in [0.4, 0.5) is 17.1 Å². The van der Waals surface area contributed by atoms with Crippen LogP contribution in [0.25, 0.3) is 5.57 Å². The van der Waals surface area contributed by atoms with E-state index in [1.807, 2.05) is 36.4 Å². The summed E-state index contributed by atoms with van der Waals surface area (Å²) in [5.74, 6) is 0. The van der Waals surface area contributed by atoms with E-state index in [0.29, 0.717) is 0 Å². The normalized spacial score (nSPS) is 15.4. The van der Waals surface area contributed by atoms with Gasteiger partial charge in [-0.3, -0.25) is 25.7 Å². The van der Waals surface area contributed by atoms with Crippen molar-refractivity contribution in [2.75, 3.05) is 5.43 Å². The average Bonchev–Trinajstić information content (AvgIpc) is 2.67. The van der Waals surface area contributed by atoms with Crippen LogP contribution in [-0.2, 0) is 0 Å². The molecule has 0 fully saturated rings. The van der Waals surface area contributed by atoms with Gasteiger partial charge in [0.1, 0.15) is 5.69 Å². The van der Waals surface area contributed by atoms with Crippen LogP contribution < -0.4 is 5.43 Å². The van der Waals surface area contributed by atoms with Crippen molar-refractivity contribution in [2.45, 2.75) is 19.3 Å². The highest BCUT2D eigenvalue weighted by Crippen LogP contribution is 2.30. The standard InChI is InChI=1S/C18H16N4O4/c23-21(24)16-9-10-17(18(12-16)22(25)26)20-19-15-8-4-7-14(11-15)13-5-2-1-3-6-13/h1-3,5-6,9-12,20H,4,7-8H2/b19-15-. The van der Waals surface area contributed by atoms with Crippen LogP contribution in [0.15, 0.2) is 59.7 Å². The Kier molecular flexibility index (Phi) is 5.02. The first-order valence-corrected chi connectivity index (χ1v) is 8.06. The summed E-state index contributed by atoms with van der Waals surface area (Å²) in [5.41, 5.74) is 5.15. The van der Waals surface area contributed by atoms with Gasteiger partial charge in [-0.2, -0.15) is 5.10 Å². The summed E-state index contributed by atoms with van der Waals surface area (Å²) in [6.07, 6.45) is 4.61. The molecule has 0 radical (unpaired) electrons. The fourth-order valence-electron chi connectivity index (χ4n) is 2.78. The lowest BCUT2D eigenvalue weighted by Crippen LogP contribution is -2.06. The van der Waals surface area contributed by atoms with Gasteiger partial charge in [0.15, 0.2) is 0 Å². The number of anilines is 1. The third kappa shape index (κ3) is 3.92. The molecule has 0 aliphatic heterocycles. The van der Waals surface area contributed by atoms with Crippen LogP contribution in [-0.4, -0.2) is 15.6 Å². The average molecular weight is 352 g/mol. The van der Waals surface area contributed by atoms with Crippen LogP contribution in [0.5, 0.6) is 0 Å². The Morgan fingerprint density at radius 3 is 2.42 bits per heavy atom. The van der Waals surface area contributed by atoms with E-state index in [1.54, 1.807) is 0 Å². The Bertz CT molecular complexity index is 907. The fraction of sp³-hybridized carbons (Fsp3) is 0.167. The van der Waals surface area contributed by atoms with Crippen LogP contribution in [0.1, 0.15) is 24.8 Å². The van der Waals surface area contributed by atoms with E-state index < -0.39 is 9.85 Å². The van der Waals surface area contributed by atoms with E-state index in [4.69, 9.17) is 0 Å². The highest BCUT2D eigenvalue weighted by molar-refractivity contribution is 6.02. The molecular formula is C18H16N4O4. The molecule has 0 bridgehead atoms. The first kappa shape index (κ1) is 17.3. The monoisotopic (exact) mass is 352 g/mol. The molecule has 0 spiro atoms. The summed E-state index contributed by atoms with van der Waals surface area (Å²) < 4.78 is 0. The Labute approximate surface area is 149 Å². The second-order valence-electron chi connectivity index (χ2n) is 5.82. The predicted octanol–water partition coefficient (Wildman–Crippen LogP) is 4.54. The molecule has 0 aromatic heterocycles. The van der Waals surface area contributed by atoms with Crippen LogP contribution >= 0.6 is 0 Å². The number of nitrogens with one attached hydrogen (secondary N) is 1. The van der Waals surface area contributed by atoms with Gasteiger partial charge in [0.2, 0.25) is 0 Å². The molecule has 3 rings (SSSR count). The number of rotatable bonds is 5. The first-order chi connectivity index (χ1) is 12.5. The van der Waals surface area contributed by atoms with Gasteiger partial charge in [0.05, 0.1) is 21.6 Å². The summed E-state index contributed by atoms with van der Waals surface area (Å²) in [4.78, 5) is 20.6. The topological polar surface area (TPSA) is 111 Å². The van der Waals surface area contributed by atoms with Crippen molar-refractivity contribution in [3.05, 3.63) is 80.4 Å². The zero-order valence-electron chi connectivity index (χ0n) is 13.8. The van der Waals surface area contributed by atoms with E-state index in [-0.39, 0.29) is 17.1 Å². The fourth-order valence-corrected chi connectivity index (χ4v) is 2.78. The van der Waals surface area contributed by atoms with Crippen molar-refractivity contribution < 1.29 is 9.85 Å². The molecule has 26 heavy (non-hydrogen) atoms. The highest BCUT2D eigenvalue weighted by atomic mass is 16.6. The summed E-state index contributed by atoms with van der Waals surface area (Å²) >= 11 is 0. The van der Waals surface area contributed by atoms with Crippen molar-refractivity contribution in [1.82, 2.24) is 0 Å². The van der Waals surface area contributed by atoms with Crippen molar-refractivity contribution in [1.29, 1.82) is 0 Å². The predicted molar refractivity (Wildman–Crippen MR) is 99.1 cm³/mol. The maximum absolute atomic E-state index is 11.2. The van der Waals surface area contributed by atoms with Gasteiger partial charge in [-0.1, -0.05) is 30.3 Å². The van der Waals surface area contributed by atoms with E-state index in [9.17, 15) is 20.2 Å². The SMILES string of the molecule is O=[N+]([O-])c1ccc(N/N=C2\C=C(c3ccccc3)CCC2)c([N+](=O)[O-])c1. The molecule has 1 aliphatic carbocycles. The van der Waals surface area contributed by atoms with E-state index >= 15 is 0 Å². The van der Waals surface area contributed by atoms with E-state index in [0.717, 1.165) is 42.2 Å². The number of nitro benzene ring substituents is 2.